The van der Waals surface area contributed by atoms with E-state index in [9.17, 15) is 8.76 Å². The van der Waals surface area contributed by atoms with Gasteiger partial charge in [0.25, 0.3) is 0 Å². The van der Waals surface area contributed by atoms with E-state index >= 15 is 0 Å². The van der Waals surface area contributed by atoms with Crippen molar-refractivity contribution in [1.82, 2.24) is 0 Å². The molecule has 1 aromatic carbocycles. The summed E-state index contributed by atoms with van der Waals surface area (Å²) in [7, 11) is 0. The molecule has 3 heteroatoms. The molecule has 0 spiro atoms. The highest BCUT2D eigenvalue weighted by Crippen LogP contribution is 2.24. The third kappa shape index (κ3) is 4.14. The monoisotopic (exact) mass is 225 g/mol. The molecular weight excluding hydrogens is 208 g/mol. The van der Waals surface area contributed by atoms with Crippen molar-refractivity contribution in [3.63, 3.8) is 0 Å². The molecule has 84 valence electrons. The zero-order valence-electron chi connectivity index (χ0n) is 9.02. The van der Waals surface area contributed by atoms with Crippen molar-refractivity contribution in [1.29, 1.82) is 0 Å². The summed E-state index contributed by atoms with van der Waals surface area (Å²) >= 11 is -2.01. The van der Waals surface area contributed by atoms with Crippen LogP contribution in [0.5, 0.6) is 0 Å². The van der Waals surface area contributed by atoms with Gasteiger partial charge in [0.2, 0.25) is 0 Å². The Morgan fingerprint density at radius 1 is 1.27 bits per heavy atom. The van der Waals surface area contributed by atoms with Gasteiger partial charge in [0, 0.05) is 5.25 Å². The standard InChI is InChI=1S/C12H18O2S/c1-2-3-5-10-12(15(13)14)11-8-6-4-7-9-11/h4,6-9,12H,2-3,5,10H2,1H3,(H,13,14)/p-1. The summed E-state index contributed by atoms with van der Waals surface area (Å²) in [5.74, 6) is 0. The lowest BCUT2D eigenvalue weighted by Crippen LogP contribution is -2.05. The van der Waals surface area contributed by atoms with Gasteiger partial charge in [0.05, 0.1) is 0 Å². The van der Waals surface area contributed by atoms with Gasteiger partial charge in [0.1, 0.15) is 0 Å². The van der Waals surface area contributed by atoms with E-state index in [2.05, 4.69) is 6.92 Å². The Bertz CT molecular complexity index is 298. The van der Waals surface area contributed by atoms with Crippen LogP contribution in [0.3, 0.4) is 0 Å². The first-order valence-corrected chi connectivity index (χ1v) is 6.52. The van der Waals surface area contributed by atoms with Crippen molar-refractivity contribution in [2.24, 2.45) is 0 Å². The van der Waals surface area contributed by atoms with Gasteiger partial charge in [-0.15, -0.1) is 0 Å². The molecule has 1 rings (SSSR count). The molecule has 2 atom stereocenters. The molecule has 2 nitrogen and oxygen atoms in total. The van der Waals surface area contributed by atoms with Crippen LogP contribution in [-0.4, -0.2) is 8.76 Å². The van der Waals surface area contributed by atoms with E-state index in [1.54, 1.807) is 0 Å². The van der Waals surface area contributed by atoms with E-state index in [4.69, 9.17) is 0 Å². The van der Waals surface area contributed by atoms with Gasteiger partial charge in [-0.25, -0.2) is 0 Å². The van der Waals surface area contributed by atoms with Crippen LogP contribution in [0.1, 0.15) is 43.4 Å². The Morgan fingerprint density at radius 2 is 1.93 bits per heavy atom. The maximum absolute atomic E-state index is 11.1. The van der Waals surface area contributed by atoms with Crippen LogP contribution in [0, 0.1) is 0 Å². The first kappa shape index (κ1) is 12.4. The third-order valence-corrected chi connectivity index (χ3v) is 3.45. The summed E-state index contributed by atoms with van der Waals surface area (Å²) in [5.41, 5.74) is 0.905. The Hall–Kier alpha value is -0.670. The molecule has 0 heterocycles. The topological polar surface area (TPSA) is 40.1 Å². The number of rotatable bonds is 6. The quantitative estimate of drug-likeness (QED) is 0.551. The van der Waals surface area contributed by atoms with E-state index in [1.807, 2.05) is 30.3 Å². The fourth-order valence-corrected chi connectivity index (χ4v) is 2.36. The molecule has 2 unspecified atom stereocenters. The molecule has 15 heavy (non-hydrogen) atoms. The van der Waals surface area contributed by atoms with Gasteiger partial charge < -0.3 is 4.55 Å². The summed E-state index contributed by atoms with van der Waals surface area (Å²) in [6.45, 7) is 2.12. The molecule has 0 bridgehead atoms. The van der Waals surface area contributed by atoms with Crippen molar-refractivity contribution in [2.45, 2.75) is 37.9 Å². The predicted molar refractivity (Wildman–Crippen MR) is 62.2 cm³/mol. The minimum Gasteiger partial charge on any atom is -0.772 e. The first-order chi connectivity index (χ1) is 7.25. The van der Waals surface area contributed by atoms with Gasteiger partial charge in [-0.1, -0.05) is 56.5 Å². The summed E-state index contributed by atoms with van der Waals surface area (Å²) in [5, 5.41) is -0.335. The van der Waals surface area contributed by atoms with E-state index < -0.39 is 11.1 Å². The Kier molecular flexibility index (Phi) is 5.58. The molecule has 0 aromatic heterocycles. The van der Waals surface area contributed by atoms with Crippen LogP contribution in [0.2, 0.25) is 0 Å². The summed E-state index contributed by atoms with van der Waals surface area (Å²) in [6.07, 6.45) is 3.92. The van der Waals surface area contributed by atoms with Gasteiger partial charge in [-0.2, -0.15) is 0 Å². The van der Waals surface area contributed by atoms with Crippen molar-refractivity contribution in [3.8, 4) is 0 Å². The third-order valence-electron chi connectivity index (χ3n) is 2.47. The van der Waals surface area contributed by atoms with Crippen LogP contribution in [0.25, 0.3) is 0 Å². The first-order valence-electron chi connectivity index (χ1n) is 5.38. The fraction of sp³-hybridized carbons (Fsp3) is 0.500. The average Bonchev–Trinajstić information content (AvgIpc) is 2.25. The number of unbranched alkanes of at least 4 members (excludes halogenated alkanes) is 2. The summed E-state index contributed by atoms with van der Waals surface area (Å²) < 4.78 is 22.2. The molecule has 0 aliphatic carbocycles. The lowest BCUT2D eigenvalue weighted by Gasteiger charge is -2.19. The highest BCUT2D eigenvalue weighted by Gasteiger charge is 2.10. The van der Waals surface area contributed by atoms with Crippen molar-refractivity contribution in [2.75, 3.05) is 0 Å². The second-order valence-corrected chi connectivity index (χ2v) is 4.75. The molecule has 0 aliphatic rings. The second kappa shape index (κ2) is 6.75. The molecule has 0 fully saturated rings. The SMILES string of the molecule is CCCCCC(c1ccccc1)S(=O)[O-]. The minimum atomic E-state index is -2.01. The van der Waals surface area contributed by atoms with Crippen LogP contribution in [0.4, 0.5) is 0 Å². The molecule has 0 saturated heterocycles. The van der Waals surface area contributed by atoms with Crippen molar-refractivity contribution < 1.29 is 8.76 Å². The number of hydrogen-bond donors (Lipinski definition) is 0. The van der Waals surface area contributed by atoms with E-state index in [0.29, 0.717) is 0 Å². The van der Waals surface area contributed by atoms with Crippen LogP contribution in [0.15, 0.2) is 30.3 Å². The maximum atomic E-state index is 11.1. The highest BCUT2D eigenvalue weighted by molar-refractivity contribution is 7.79. The van der Waals surface area contributed by atoms with Gasteiger partial charge >= 0.3 is 0 Å². The minimum absolute atomic E-state index is 0.335. The lowest BCUT2D eigenvalue weighted by molar-refractivity contribution is 0.512. The number of benzene rings is 1. The second-order valence-electron chi connectivity index (χ2n) is 3.66. The average molecular weight is 225 g/mol. The Morgan fingerprint density at radius 3 is 2.47 bits per heavy atom. The lowest BCUT2D eigenvalue weighted by atomic mass is 10.1. The fourth-order valence-electron chi connectivity index (χ4n) is 1.62. The smallest absolute Gasteiger partial charge is 0.0465 e. The van der Waals surface area contributed by atoms with Crippen molar-refractivity contribution in [3.05, 3.63) is 35.9 Å². The van der Waals surface area contributed by atoms with Crippen molar-refractivity contribution >= 4 is 11.1 Å². The van der Waals surface area contributed by atoms with E-state index in [0.717, 1.165) is 31.2 Å². The molecular formula is C12H17O2S-. The molecule has 0 saturated carbocycles. The molecule has 0 aliphatic heterocycles. The Balaban J connectivity index is 2.62. The molecule has 1 aromatic rings. The molecule has 0 amide bonds. The van der Waals surface area contributed by atoms with Crippen LogP contribution < -0.4 is 0 Å². The number of hydrogen-bond acceptors (Lipinski definition) is 2. The summed E-state index contributed by atoms with van der Waals surface area (Å²) in [6, 6.07) is 9.43. The molecule has 0 radical (unpaired) electrons. The maximum Gasteiger partial charge on any atom is 0.0465 e. The zero-order valence-corrected chi connectivity index (χ0v) is 9.83. The van der Waals surface area contributed by atoms with E-state index in [1.165, 1.54) is 0 Å². The van der Waals surface area contributed by atoms with Gasteiger partial charge in [-0.3, -0.25) is 4.21 Å². The Labute approximate surface area is 94.0 Å². The normalized spacial score (nSPS) is 14.8. The van der Waals surface area contributed by atoms with Crippen LogP contribution >= 0.6 is 0 Å². The predicted octanol–water partition coefficient (Wildman–Crippen LogP) is 3.19. The van der Waals surface area contributed by atoms with Gasteiger partial charge in [-0.05, 0) is 23.1 Å². The van der Waals surface area contributed by atoms with Crippen LogP contribution in [-0.2, 0) is 11.1 Å². The summed E-state index contributed by atoms with van der Waals surface area (Å²) in [4.78, 5) is 0. The molecule has 0 N–H and O–H groups in total. The highest BCUT2D eigenvalue weighted by atomic mass is 32.2. The van der Waals surface area contributed by atoms with Gasteiger partial charge in [0.15, 0.2) is 0 Å². The van der Waals surface area contributed by atoms with E-state index in [-0.39, 0.29) is 5.25 Å². The largest absolute Gasteiger partial charge is 0.772 e. The zero-order chi connectivity index (χ0) is 11.1.